The van der Waals surface area contributed by atoms with Gasteiger partial charge in [-0.15, -0.1) is 12.4 Å². The Morgan fingerprint density at radius 1 is 1.26 bits per heavy atom. The van der Waals surface area contributed by atoms with E-state index < -0.39 is 0 Å². The van der Waals surface area contributed by atoms with Crippen molar-refractivity contribution in [3.05, 3.63) is 0 Å². The molecule has 19 heavy (non-hydrogen) atoms. The van der Waals surface area contributed by atoms with Crippen LogP contribution in [0.2, 0.25) is 0 Å². The van der Waals surface area contributed by atoms with E-state index in [0.717, 1.165) is 52.1 Å². The highest BCUT2D eigenvalue weighted by atomic mass is 35.5. The van der Waals surface area contributed by atoms with Crippen molar-refractivity contribution in [2.24, 2.45) is 17.3 Å². The SMILES string of the molecule is Cl.O=C(NCC1CCOCC1)C1CC12CCNCC2. The predicted molar refractivity (Wildman–Crippen MR) is 76.4 cm³/mol. The average Bonchev–Trinajstić information content (AvgIpc) is 3.12. The van der Waals surface area contributed by atoms with Gasteiger partial charge in [-0.1, -0.05) is 0 Å². The number of rotatable bonds is 3. The average molecular weight is 289 g/mol. The van der Waals surface area contributed by atoms with Gasteiger partial charge in [-0.05, 0) is 56.5 Å². The van der Waals surface area contributed by atoms with Crippen LogP contribution in [0.15, 0.2) is 0 Å². The Balaban J connectivity index is 0.00000133. The van der Waals surface area contributed by atoms with Crippen LogP contribution in [0.4, 0.5) is 0 Å². The monoisotopic (exact) mass is 288 g/mol. The first-order valence-corrected chi connectivity index (χ1v) is 7.36. The maximum Gasteiger partial charge on any atom is 0.223 e. The zero-order valence-electron chi connectivity index (χ0n) is 11.5. The fraction of sp³-hybridized carbons (Fsp3) is 0.929. The van der Waals surface area contributed by atoms with Gasteiger partial charge in [-0.2, -0.15) is 0 Å². The van der Waals surface area contributed by atoms with Crippen LogP contribution in [-0.4, -0.2) is 38.8 Å². The highest BCUT2D eigenvalue weighted by molar-refractivity contribution is 5.85. The van der Waals surface area contributed by atoms with Gasteiger partial charge in [0.1, 0.15) is 0 Å². The number of hydrogen-bond donors (Lipinski definition) is 2. The third-order valence-corrected chi connectivity index (χ3v) is 5.01. The summed E-state index contributed by atoms with van der Waals surface area (Å²) in [5, 5.41) is 6.55. The first kappa shape index (κ1) is 15.1. The lowest BCUT2D eigenvalue weighted by Gasteiger charge is -2.24. The van der Waals surface area contributed by atoms with E-state index in [0.29, 0.717) is 23.2 Å². The number of hydrogen-bond acceptors (Lipinski definition) is 3. The van der Waals surface area contributed by atoms with Crippen molar-refractivity contribution >= 4 is 18.3 Å². The van der Waals surface area contributed by atoms with E-state index in [1.54, 1.807) is 0 Å². The zero-order valence-corrected chi connectivity index (χ0v) is 12.3. The molecule has 0 radical (unpaired) electrons. The van der Waals surface area contributed by atoms with Gasteiger partial charge in [0.05, 0.1) is 0 Å². The number of carbonyl (C=O) groups excluding carboxylic acids is 1. The summed E-state index contributed by atoms with van der Waals surface area (Å²) in [6.07, 6.45) is 5.68. The minimum absolute atomic E-state index is 0. The van der Waals surface area contributed by atoms with E-state index >= 15 is 0 Å². The molecule has 2 heterocycles. The Bertz CT molecular complexity index is 313. The predicted octanol–water partition coefficient (Wildman–Crippen LogP) is 1.34. The van der Waals surface area contributed by atoms with Crippen molar-refractivity contribution in [1.82, 2.24) is 10.6 Å². The highest BCUT2D eigenvalue weighted by Crippen LogP contribution is 2.58. The summed E-state index contributed by atoms with van der Waals surface area (Å²) in [7, 11) is 0. The standard InChI is InChI=1S/C14H24N2O2.ClH/c17-13(16-10-11-1-7-18-8-2-11)12-9-14(12)3-5-15-6-4-14;/h11-12,15H,1-10H2,(H,16,17);1H. The first-order chi connectivity index (χ1) is 8.80. The quantitative estimate of drug-likeness (QED) is 0.824. The molecule has 4 nitrogen and oxygen atoms in total. The number of ether oxygens (including phenoxy) is 1. The fourth-order valence-corrected chi connectivity index (χ4v) is 3.51. The van der Waals surface area contributed by atoms with Gasteiger partial charge in [0.2, 0.25) is 5.91 Å². The summed E-state index contributed by atoms with van der Waals surface area (Å²) in [5.41, 5.74) is 0.366. The lowest BCUT2D eigenvalue weighted by Crippen LogP contribution is -2.36. The summed E-state index contributed by atoms with van der Waals surface area (Å²) >= 11 is 0. The van der Waals surface area contributed by atoms with E-state index in [1.165, 1.54) is 12.8 Å². The third kappa shape index (κ3) is 3.41. The maximum atomic E-state index is 12.2. The molecule has 2 aliphatic heterocycles. The molecular weight excluding hydrogens is 264 g/mol. The largest absolute Gasteiger partial charge is 0.381 e. The normalized spacial score (nSPS) is 29.6. The second kappa shape index (κ2) is 6.42. The lowest BCUT2D eigenvalue weighted by molar-refractivity contribution is -0.123. The molecule has 2 saturated heterocycles. The van der Waals surface area contributed by atoms with Crippen molar-refractivity contribution in [1.29, 1.82) is 0 Å². The molecule has 3 rings (SSSR count). The number of amides is 1. The van der Waals surface area contributed by atoms with Crippen LogP contribution < -0.4 is 10.6 Å². The molecule has 2 N–H and O–H groups in total. The molecule has 3 fully saturated rings. The Morgan fingerprint density at radius 3 is 2.63 bits per heavy atom. The Kier molecular flexibility index (Phi) is 5.09. The van der Waals surface area contributed by atoms with E-state index in [1.807, 2.05) is 0 Å². The Labute approximate surface area is 121 Å². The molecule has 3 aliphatic rings. The molecular formula is C14H25ClN2O2. The molecule has 0 bridgehead atoms. The van der Waals surface area contributed by atoms with Crippen LogP contribution in [0.1, 0.15) is 32.1 Å². The van der Waals surface area contributed by atoms with Gasteiger partial charge in [0, 0.05) is 25.7 Å². The Morgan fingerprint density at radius 2 is 1.95 bits per heavy atom. The number of carbonyl (C=O) groups is 1. The van der Waals surface area contributed by atoms with Gasteiger partial charge < -0.3 is 15.4 Å². The van der Waals surface area contributed by atoms with Gasteiger partial charge in [0.25, 0.3) is 0 Å². The van der Waals surface area contributed by atoms with Gasteiger partial charge in [0.15, 0.2) is 0 Å². The maximum absolute atomic E-state index is 12.2. The number of halogens is 1. The summed E-state index contributed by atoms with van der Waals surface area (Å²) < 4.78 is 5.34. The molecule has 110 valence electrons. The third-order valence-electron chi connectivity index (χ3n) is 5.01. The van der Waals surface area contributed by atoms with Crippen LogP contribution in [-0.2, 0) is 9.53 Å². The fourth-order valence-electron chi connectivity index (χ4n) is 3.51. The van der Waals surface area contributed by atoms with E-state index in [4.69, 9.17) is 4.74 Å². The van der Waals surface area contributed by atoms with Crippen LogP contribution in [0.3, 0.4) is 0 Å². The van der Waals surface area contributed by atoms with Crippen molar-refractivity contribution in [3.63, 3.8) is 0 Å². The lowest BCUT2D eigenvalue weighted by atomic mass is 9.91. The molecule has 1 spiro atoms. The minimum atomic E-state index is 0. The zero-order chi connectivity index (χ0) is 12.4. The number of piperidine rings is 1. The van der Waals surface area contributed by atoms with Crippen LogP contribution in [0.5, 0.6) is 0 Å². The minimum Gasteiger partial charge on any atom is -0.381 e. The van der Waals surface area contributed by atoms with Crippen LogP contribution >= 0.6 is 12.4 Å². The summed E-state index contributed by atoms with van der Waals surface area (Å²) in [6.45, 7) is 4.75. The van der Waals surface area contributed by atoms with Crippen molar-refractivity contribution in [2.45, 2.75) is 32.1 Å². The van der Waals surface area contributed by atoms with Gasteiger partial charge >= 0.3 is 0 Å². The molecule has 5 heteroatoms. The first-order valence-electron chi connectivity index (χ1n) is 7.36. The molecule has 1 amide bonds. The molecule has 0 aromatic carbocycles. The molecule has 1 atom stereocenters. The Hall–Kier alpha value is -0.320. The van der Waals surface area contributed by atoms with Gasteiger partial charge in [-0.25, -0.2) is 0 Å². The second-order valence-electron chi connectivity index (χ2n) is 6.17. The summed E-state index contributed by atoms with van der Waals surface area (Å²) in [4.78, 5) is 12.2. The van der Waals surface area contributed by atoms with E-state index in [2.05, 4.69) is 10.6 Å². The van der Waals surface area contributed by atoms with Crippen LogP contribution in [0, 0.1) is 17.3 Å². The summed E-state index contributed by atoms with van der Waals surface area (Å²) in [6, 6.07) is 0. The molecule has 0 aromatic heterocycles. The van der Waals surface area contributed by atoms with Crippen molar-refractivity contribution in [3.8, 4) is 0 Å². The van der Waals surface area contributed by atoms with Crippen molar-refractivity contribution < 1.29 is 9.53 Å². The van der Waals surface area contributed by atoms with Gasteiger partial charge in [-0.3, -0.25) is 4.79 Å². The molecule has 0 aromatic rings. The molecule has 1 aliphatic carbocycles. The summed E-state index contributed by atoms with van der Waals surface area (Å²) in [5.74, 6) is 1.24. The molecule has 1 unspecified atom stereocenters. The second-order valence-corrected chi connectivity index (χ2v) is 6.17. The number of nitrogens with one attached hydrogen (secondary N) is 2. The highest BCUT2D eigenvalue weighted by Gasteiger charge is 2.57. The van der Waals surface area contributed by atoms with Crippen LogP contribution in [0.25, 0.3) is 0 Å². The smallest absolute Gasteiger partial charge is 0.223 e. The topological polar surface area (TPSA) is 50.4 Å². The van der Waals surface area contributed by atoms with E-state index in [9.17, 15) is 4.79 Å². The molecule has 1 saturated carbocycles. The van der Waals surface area contributed by atoms with E-state index in [-0.39, 0.29) is 12.4 Å². The van der Waals surface area contributed by atoms with Crippen molar-refractivity contribution in [2.75, 3.05) is 32.8 Å².